The molecule has 134 valence electrons. The summed E-state index contributed by atoms with van der Waals surface area (Å²) in [5.74, 6) is 1.000. The van der Waals surface area contributed by atoms with Crippen LogP contribution in [0.25, 0.3) is 0 Å². The highest BCUT2D eigenvalue weighted by atomic mass is 16.5. The number of aromatic nitrogens is 2. The second-order valence-corrected chi connectivity index (χ2v) is 6.06. The van der Waals surface area contributed by atoms with Crippen LogP contribution in [0.15, 0.2) is 46.2 Å². The SMILES string of the molecule is CCNC(=NCCc1ccccn1)N1CCN(Cc2ccon2)CC1. The summed E-state index contributed by atoms with van der Waals surface area (Å²) in [5, 5.41) is 7.40. The van der Waals surface area contributed by atoms with Crippen LogP contribution in [0.3, 0.4) is 0 Å². The summed E-state index contributed by atoms with van der Waals surface area (Å²) >= 11 is 0. The first kappa shape index (κ1) is 17.4. The number of hydrogen-bond donors (Lipinski definition) is 1. The van der Waals surface area contributed by atoms with Gasteiger partial charge in [0.1, 0.15) is 6.26 Å². The predicted octanol–water partition coefficient (Wildman–Crippen LogP) is 1.40. The lowest BCUT2D eigenvalue weighted by atomic mass is 10.3. The van der Waals surface area contributed by atoms with Gasteiger partial charge < -0.3 is 14.7 Å². The number of hydrogen-bond acceptors (Lipinski definition) is 5. The quantitative estimate of drug-likeness (QED) is 0.632. The Kier molecular flexibility index (Phi) is 6.39. The van der Waals surface area contributed by atoms with Gasteiger partial charge in [0.05, 0.1) is 5.69 Å². The smallest absolute Gasteiger partial charge is 0.194 e. The minimum atomic E-state index is 0.749. The maximum atomic E-state index is 4.91. The molecule has 1 aliphatic rings. The zero-order valence-corrected chi connectivity index (χ0v) is 14.8. The van der Waals surface area contributed by atoms with Crippen molar-refractivity contribution in [2.24, 2.45) is 4.99 Å². The van der Waals surface area contributed by atoms with Gasteiger partial charge in [-0.1, -0.05) is 11.2 Å². The first-order valence-electron chi connectivity index (χ1n) is 8.90. The van der Waals surface area contributed by atoms with Crippen molar-refractivity contribution in [2.45, 2.75) is 19.9 Å². The molecule has 0 amide bonds. The van der Waals surface area contributed by atoms with Gasteiger partial charge in [-0.25, -0.2) is 0 Å². The van der Waals surface area contributed by atoms with Crippen molar-refractivity contribution in [2.75, 3.05) is 39.3 Å². The molecule has 2 aromatic rings. The van der Waals surface area contributed by atoms with E-state index in [2.05, 4.69) is 32.2 Å². The van der Waals surface area contributed by atoms with Crippen molar-refractivity contribution in [3.05, 3.63) is 48.1 Å². The van der Waals surface area contributed by atoms with Crippen LogP contribution in [0.2, 0.25) is 0 Å². The number of guanidine groups is 1. The van der Waals surface area contributed by atoms with Crippen molar-refractivity contribution >= 4 is 5.96 Å². The molecule has 0 radical (unpaired) electrons. The van der Waals surface area contributed by atoms with Crippen molar-refractivity contribution in [3.8, 4) is 0 Å². The maximum absolute atomic E-state index is 4.91. The predicted molar refractivity (Wildman–Crippen MR) is 97.3 cm³/mol. The van der Waals surface area contributed by atoms with E-state index in [9.17, 15) is 0 Å². The summed E-state index contributed by atoms with van der Waals surface area (Å²) in [5.41, 5.74) is 2.07. The number of piperazine rings is 1. The standard InChI is InChI=1S/C18H26N6O/c1-2-19-18(21-9-6-16-5-3-4-8-20-16)24-12-10-23(11-13-24)15-17-7-14-25-22-17/h3-5,7-8,14H,2,6,9-13,15H2,1H3,(H,19,21). The Morgan fingerprint density at radius 3 is 2.76 bits per heavy atom. The van der Waals surface area contributed by atoms with Crippen molar-refractivity contribution < 1.29 is 4.52 Å². The summed E-state index contributed by atoms with van der Waals surface area (Å²) in [6.07, 6.45) is 4.32. The molecule has 7 heteroatoms. The van der Waals surface area contributed by atoms with Crippen LogP contribution in [0.4, 0.5) is 0 Å². The minimum absolute atomic E-state index is 0.749. The van der Waals surface area contributed by atoms with E-state index in [1.807, 2.05) is 30.5 Å². The summed E-state index contributed by atoms with van der Waals surface area (Å²) in [4.78, 5) is 13.9. The van der Waals surface area contributed by atoms with Gasteiger partial charge in [-0.05, 0) is 19.1 Å². The highest BCUT2D eigenvalue weighted by molar-refractivity contribution is 5.80. The summed E-state index contributed by atoms with van der Waals surface area (Å²) in [7, 11) is 0. The zero-order valence-electron chi connectivity index (χ0n) is 14.8. The van der Waals surface area contributed by atoms with Crippen molar-refractivity contribution in [1.29, 1.82) is 0 Å². The van der Waals surface area contributed by atoms with Crippen LogP contribution < -0.4 is 5.32 Å². The first-order valence-corrected chi connectivity index (χ1v) is 8.90. The van der Waals surface area contributed by atoms with Gasteiger partial charge in [0, 0.05) is 70.2 Å². The van der Waals surface area contributed by atoms with E-state index in [4.69, 9.17) is 9.52 Å². The molecule has 1 fully saturated rings. The molecule has 0 bridgehead atoms. The van der Waals surface area contributed by atoms with Crippen LogP contribution in [-0.2, 0) is 13.0 Å². The van der Waals surface area contributed by atoms with E-state index in [1.165, 1.54) is 0 Å². The average Bonchev–Trinajstić information content (AvgIpc) is 3.16. The number of rotatable bonds is 6. The van der Waals surface area contributed by atoms with Gasteiger partial charge in [-0.3, -0.25) is 14.9 Å². The molecule has 0 aromatic carbocycles. The zero-order chi connectivity index (χ0) is 17.3. The molecule has 0 spiro atoms. The second kappa shape index (κ2) is 9.17. The molecule has 0 aliphatic carbocycles. The van der Waals surface area contributed by atoms with E-state index >= 15 is 0 Å². The van der Waals surface area contributed by atoms with E-state index in [0.717, 1.165) is 69.6 Å². The molecule has 25 heavy (non-hydrogen) atoms. The third kappa shape index (κ3) is 5.29. The Morgan fingerprint density at radius 1 is 1.20 bits per heavy atom. The second-order valence-electron chi connectivity index (χ2n) is 6.06. The van der Waals surface area contributed by atoms with Gasteiger partial charge in [0.15, 0.2) is 5.96 Å². The summed E-state index contributed by atoms with van der Waals surface area (Å²) < 4.78 is 4.91. The molecule has 3 heterocycles. The molecule has 2 aromatic heterocycles. The van der Waals surface area contributed by atoms with E-state index in [0.29, 0.717) is 0 Å². The number of pyridine rings is 1. The maximum Gasteiger partial charge on any atom is 0.194 e. The Bertz CT molecular complexity index is 635. The lowest BCUT2D eigenvalue weighted by Crippen LogP contribution is -2.52. The highest BCUT2D eigenvalue weighted by Crippen LogP contribution is 2.07. The van der Waals surface area contributed by atoms with Gasteiger partial charge in [-0.2, -0.15) is 0 Å². The molecule has 3 rings (SSSR count). The van der Waals surface area contributed by atoms with Gasteiger partial charge in [0.2, 0.25) is 0 Å². The van der Waals surface area contributed by atoms with E-state index < -0.39 is 0 Å². The monoisotopic (exact) mass is 342 g/mol. The molecule has 7 nitrogen and oxygen atoms in total. The fraction of sp³-hybridized carbons (Fsp3) is 0.500. The number of nitrogens with zero attached hydrogens (tertiary/aromatic N) is 5. The van der Waals surface area contributed by atoms with Crippen molar-refractivity contribution in [1.82, 2.24) is 25.3 Å². The molecule has 1 saturated heterocycles. The summed E-state index contributed by atoms with van der Waals surface area (Å²) in [6.45, 7) is 8.50. The summed E-state index contributed by atoms with van der Waals surface area (Å²) in [6, 6.07) is 7.93. The fourth-order valence-corrected chi connectivity index (χ4v) is 2.91. The normalized spacial score (nSPS) is 16.2. The molecule has 0 saturated carbocycles. The van der Waals surface area contributed by atoms with E-state index in [-0.39, 0.29) is 0 Å². The Hall–Kier alpha value is -2.41. The highest BCUT2D eigenvalue weighted by Gasteiger charge is 2.20. The first-order chi connectivity index (χ1) is 12.3. The van der Waals surface area contributed by atoms with Crippen LogP contribution >= 0.6 is 0 Å². The Balaban J connectivity index is 1.50. The largest absolute Gasteiger partial charge is 0.364 e. The third-order valence-electron chi connectivity index (χ3n) is 4.24. The topological polar surface area (TPSA) is 69.8 Å². The van der Waals surface area contributed by atoms with Crippen LogP contribution in [0.5, 0.6) is 0 Å². The Labute approximate surface area is 148 Å². The van der Waals surface area contributed by atoms with Gasteiger partial charge in [-0.15, -0.1) is 0 Å². The van der Waals surface area contributed by atoms with Crippen LogP contribution in [0.1, 0.15) is 18.3 Å². The van der Waals surface area contributed by atoms with Crippen LogP contribution in [-0.4, -0.2) is 65.2 Å². The average molecular weight is 342 g/mol. The number of nitrogens with one attached hydrogen (secondary N) is 1. The molecular weight excluding hydrogens is 316 g/mol. The van der Waals surface area contributed by atoms with Gasteiger partial charge in [0.25, 0.3) is 0 Å². The lowest BCUT2D eigenvalue weighted by Gasteiger charge is -2.36. The number of aliphatic imine (C=N–C) groups is 1. The third-order valence-corrected chi connectivity index (χ3v) is 4.24. The molecule has 1 aliphatic heterocycles. The fourth-order valence-electron chi connectivity index (χ4n) is 2.91. The molecule has 0 unspecified atom stereocenters. The lowest BCUT2D eigenvalue weighted by molar-refractivity contribution is 0.169. The molecule has 1 N–H and O–H groups in total. The molecular formula is C18H26N6O. The minimum Gasteiger partial charge on any atom is -0.364 e. The van der Waals surface area contributed by atoms with E-state index in [1.54, 1.807) is 6.26 Å². The van der Waals surface area contributed by atoms with Gasteiger partial charge >= 0.3 is 0 Å². The molecule has 0 atom stereocenters. The van der Waals surface area contributed by atoms with Crippen molar-refractivity contribution in [3.63, 3.8) is 0 Å². The van der Waals surface area contributed by atoms with Crippen LogP contribution in [0, 0.1) is 0 Å². The Morgan fingerprint density at radius 2 is 2.08 bits per heavy atom.